The molecular weight excluding hydrogens is 212 g/mol. The van der Waals surface area contributed by atoms with Gasteiger partial charge in [0.1, 0.15) is 5.76 Å². The highest BCUT2D eigenvalue weighted by Gasteiger charge is 2.22. The van der Waals surface area contributed by atoms with E-state index in [-0.39, 0.29) is 5.91 Å². The van der Waals surface area contributed by atoms with Crippen molar-refractivity contribution in [2.24, 2.45) is 0 Å². The molecule has 0 radical (unpaired) electrons. The fourth-order valence-corrected chi connectivity index (χ4v) is 1.42. The molecule has 1 aromatic rings. The highest BCUT2D eigenvalue weighted by atomic mass is 79.9. The molecule has 2 rings (SSSR count). The van der Waals surface area contributed by atoms with E-state index in [0.29, 0.717) is 22.8 Å². The number of oxazole rings is 1. The number of hydrogen-bond acceptors (Lipinski definition) is 3. The minimum Gasteiger partial charge on any atom is -0.435 e. The Kier molecular flexibility index (Phi) is 1.45. The molecule has 58 valence electrons. The lowest BCUT2D eigenvalue weighted by Crippen LogP contribution is -2.31. The largest absolute Gasteiger partial charge is 0.435 e. The summed E-state index contributed by atoms with van der Waals surface area (Å²) < 4.78 is 5.12. The number of amides is 1. The smallest absolute Gasteiger partial charge is 0.273 e. The molecule has 4 nitrogen and oxygen atoms in total. The van der Waals surface area contributed by atoms with Crippen LogP contribution in [0.1, 0.15) is 16.2 Å². The van der Waals surface area contributed by atoms with Crippen LogP contribution in [0.15, 0.2) is 9.22 Å². The Labute approximate surface area is 71.1 Å². The van der Waals surface area contributed by atoms with Crippen LogP contribution < -0.4 is 5.32 Å². The fraction of sp³-hybridized carbons (Fsp3) is 0.333. The molecule has 0 unspecified atom stereocenters. The molecule has 0 saturated heterocycles. The monoisotopic (exact) mass is 216 g/mol. The second-order valence-electron chi connectivity index (χ2n) is 2.24. The average molecular weight is 217 g/mol. The van der Waals surface area contributed by atoms with Gasteiger partial charge in [-0.2, -0.15) is 4.98 Å². The molecule has 1 aliphatic heterocycles. The van der Waals surface area contributed by atoms with Gasteiger partial charge in [0.05, 0.1) is 0 Å². The van der Waals surface area contributed by atoms with Gasteiger partial charge in [-0.25, -0.2) is 0 Å². The first-order valence-corrected chi connectivity index (χ1v) is 4.00. The molecule has 0 aliphatic carbocycles. The van der Waals surface area contributed by atoms with E-state index in [1.165, 1.54) is 0 Å². The van der Waals surface area contributed by atoms with Gasteiger partial charge in [0, 0.05) is 28.9 Å². The summed E-state index contributed by atoms with van der Waals surface area (Å²) >= 11 is 3.06. The first kappa shape index (κ1) is 6.84. The van der Waals surface area contributed by atoms with E-state index in [1.807, 2.05) is 0 Å². The van der Waals surface area contributed by atoms with Crippen LogP contribution in [0.3, 0.4) is 0 Å². The number of halogens is 1. The molecule has 0 spiro atoms. The van der Waals surface area contributed by atoms with E-state index in [2.05, 4.69) is 26.2 Å². The summed E-state index contributed by atoms with van der Waals surface area (Å²) in [6, 6.07) is 0. The number of nitrogens with one attached hydrogen (secondary N) is 1. The van der Waals surface area contributed by atoms with Gasteiger partial charge in [-0.3, -0.25) is 4.79 Å². The minimum absolute atomic E-state index is 0.152. The Bertz CT molecular complexity index is 308. The molecule has 0 aromatic carbocycles. The molecule has 0 atom stereocenters. The van der Waals surface area contributed by atoms with Crippen molar-refractivity contribution in [1.29, 1.82) is 0 Å². The van der Waals surface area contributed by atoms with Gasteiger partial charge in [0.15, 0.2) is 5.69 Å². The van der Waals surface area contributed by atoms with Crippen LogP contribution in [0.5, 0.6) is 0 Å². The van der Waals surface area contributed by atoms with Crippen molar-refractivity contribution in [2.75, 3.05) is 6.54 Å². The van der Waals surface area contributed by atoms with Crippen LogP contribution in [-0.4, -0.2) is 17.4 Å². The fourth-order valence-electron chi connectivity index (χ4n) is 1.04. The SMILES string of the molecule is O=C1NCCc2oc(Br)nc21. The highest BCUT2D eigenvalue weighted by Crippen LogP contribution is 2.18. The topological polar surface area (TPSA) is 55.1 Å². The van der Waals surface area contributed by atoms with Crippen molar-refractivity contribution in [1.82, 2.24) is 10.3 Å². The Hall–Kier alpha value is -0.840. The Balaban J connectivity index is 2.52. The summed E-state index contributed by atoms with van der Waals surface area (Å²) in [6.07, 6.45) is 0.722. The minimum atomic E-state index is -0.152. The summed E-state index contributed by atoms with van der Waals surface area (Å²) in [5.74, 6) is 0.515. The van der Waals surface area contributed by atoms with Crippen molar-refractivity contribution < 1.29 is 9.21 Å². The number of nitrogens with zero attached hydrogens (tertiary/aromatic N) is 1. The molecule has 2 heterocycles. The van der Waals surface area contributed by atoms with Gasteiger partial charge in [0.25, 0.3) is 10.7 Å². The van der Waals surface area contributed by atoms with Crippen LogP contribution in [-0.2, 0) is 6.42 Å². The maximum atomic E-state index is 11.0. The third-order valence-electron chi connectivity index (χ3n) is 1.52. The summed E-state index contributed by atoms with van der Waals surface area (Å²) in [5.41, 5.74) is 0.406. The summed E-state index contributed by atoms with van der Waals surface area (Å²) in [6.45, 7) is 0.632. The molecule has 0 saturated carbocycles. The van der Waals surface area contributed by atoms with E-state index in [0.717, 1.165) is 6.42 Å². The molecule has 1 aromatic heterocycles. The quantitative estimate of drug-likeness (QED) is 0.696. The zero-order chi connectivity index (χ0) is 7.84. The van der Waals surface area contributed by atoms with Crippen LogP contribution in [0.25, 0.3) is 0 Å². The van der Waals surface area contributed by atoms with E-state index in [4.69, 9.17) is 4.42 Å². The molecule has 1 N–H and O–H groups in total. The van der Waals surface area contributed by atoms with E-state index in [1.54, 1.807) is 0 Å². The van der Waals surface area contributed by atoms with Gasteiger partial charge in [-0.05, 0) is 0 Å². The first-order valence-electron chi connectivity index (χ1n) is 3.21. The lowest BCUT2D eigenvalue weighted by atomic mass is 10.2. The van der Waals surface area contributed by atoms with Crippen LogP contribution in [0, 0.1) is 0 Å². The number of aromatic nitrogens is 1. The number of fused-ring (bicyclic) bond motifs is 1. The van der Waals surface area contributed by atoms with Gasteiger partial charge in [-0.1, -0.05) is 0 Å². The van der Waals surface area contributed by atoms with Crippen LogP contribution in [0.4, 0.5) is 0 Å². The maximum Gasteiger partial charge on any atom is 0.273 e. The van der Waals surface area contributed by atoms with Crippen LogP contribution >= 0.6 is 15.9 Å². The average Bonchev–Trinajstić information content (AvgIpc) is 2.31. The first-order chi connectivity index (χ1) is 5.27. The Morgan fingerprint density at radius 3 is 3.18 bits per heavy atom. The maximum absolute atomic E-state index is 11.0. The molecular formula is C6H5BrN2O2. The van der Waals surface area contributed by atoms with E-state index in [9.17, 15) is 4.79 Å². The summed E-state index contributed by atoms with van der Waals surface area (Å²) in [7, 11) is 0. The van der Waals surface area contributed by atoms with Gasteiger partial charge in [0.2, 0.25) is 0 Å². The third kappa shape index (κ3) is 1.05. The third-order valence-corrected chi connectivity index (χ3v) is 1.86. The number of rotatable bonds is 0. The normalized spacial score (nSPS) is 15.9. The standard InChI is InChI=1S/C6H5BrN2O2/c7-6-9-4-3(11-6)1-2-8-5(4)10/h1-2H2,(H,8,10). The molecule has 0 fully saturated rings. The molecule has 0 bridgehead atoms. The predicted molar refractivity (Wildman–Crippen MR) is 40.2 cm³/mol. The Morgan fingerprint density at radius 1 is 1.64 bits per heavy atom. The summed E-state index contributed by atoms with van der Waals surface area (Å²) in [4.78, 5) is 15.3. The predicted octanol–water partition coefficient (Wildman–Crippen LogP) is 0.723. The number of carbonyl (C=O) groups is 1. The highest BCUT2D eigenvalue weighted by molar-refractivity contribution is 9.10. The second-order valence-corrected chi connectivity index (χ2v) is 2.92. The van der Waals surface area contributed by atoms with Crippen molar-refractivity contribution in [2.45, 2.75) is 6.42 Å². The van der Waals surface area contributed by atoms with Crippen molar-refractivity contribution in [3.63, 3.8) is 0 Å². The summed E-state index contributed by atoms with van der Waals surface area (Å²) in [5, 5.41) is 2.67. The lowest BCUT2D eigenvalue weighted by Gasteiger charge is -2.07. The molecule has 1 aliphatic rings. The van der Waals surface area contributed by atoms with E-state index >= 15 is 0 Å². The molecule has 5 heteroatoms. The number of hydrogen-bond donors (Lipinski definition) is 1. The second kappa shape index (κ2) is 2.34. The van der Waals surface area contributed by atoms with Gasteiger partial charge >= 0.3 is 0 Å². The van der Waals surface area contributed by atoms with Gasteiger partial charge < -0.3 is 9.73 Å². The molecule has 1 amide bonds. The Morgan fingerprint density at radius 2 is 2.45 bits per heavy atom. The zero-order valence-corrected chi connectivity index (χ0v) is 7.14. The lowest BCUT2D eigenvalue weighted by molar-refractivity contribution is 0.0938. The zero-order valence-electron chi connectivity index (χ0n) is 5.56. The van der Waals surface area contributed by atoms with E-state index < -0.39 is 0 Å². The molecule has 11 heavy (non-hydrogen) atoms. The van der Waals surface area contributed by atoms with Gasteiger partial charge in [-0.15, -0.1) is 0 Å². The number of carbonyl (C=O) groups excluding carboxylic acids is 1. The van der Waals surface area contributed by atoms with Crippen LogP contribution in [0.2, 0.25) is 0 Å². The van der Waals surface area contributed by atoms with Crippen molar-refractivity contribution in [3.8, 4) is 0 Å². The van der Waals surface area contributed by atoms with Crippen molar-refractivity contribution in [3.05, 3.63) is 16.3 Å². The van der Waals surface area contributed by atoms with Crippen molar-refractivity contribution >= 4 is 21.8 Å².